The molecule has 7 heteroatoms. The summed E-state index contributed by atoms with van der Waals surface area (Å²) in [5.74, 6) is 0. The van der Waals surface area contributed by atoms with E-state index < -0.39 is 10.0 Å². The van der Waals surface area contributed by atoms with Gasteiger partial charge in [-0.3, -0.25) is 4.72 Å². The molecule has 198 valence electrons. The standard InChI is InChI=1S/C32H29N3O2S.ClH/c36-38(37,32-29-15-5-4-11-25(29)17-18-31(32)35-21-19-33-20-22-35)34-30-16-7-6-14-28(30)27-13-8-12-26(23-27)24-9-2-1-3-10-24;/h1-18,23,33-34H,19-22H2;1H. The van der Waals surface area contributed by atoms with Crippen molar-refractivity contribution in [2.75, 3.05) is 35.8 Å². The van der Waals surface area contributed by atoms with Crippen molar-refractivity contribution < 1.29 is 8.42 Å². The lowest BCUT2D eigenvalue weighted by molar-refractivity contribution is 0.582. The van der Waals surface area contributed by atoms with Crippen LogP contribution in [0.25, 0.3) is 33.0 Å². The lowest BCUT2D eigenvalue weighted by Gasteiger charge is -2.31. The van der Waals surface area contributed by atoms with E-state index in [9.17, 15) is 8.42 Å². The van der Waals surface area contributed by atoms with E-state index in [0.717, 1.165) is 64.9 Å². The van der Waals surface area contributed by atoms with Gasteiger partial charge in [0.15, 0.2) is 0 Å². The SMILES string of the molecule is Cl.O=S(=O)(Nc1ccccc1-c1cccc(-c2ccccc2)c1)c1c(N2CCNCC2)ccc2ccccc12. The molecule has 39 heavy (non-hydrogen) atoms. The summed E-state index contributed by atoms with van der Waals surface area (Å²) in [6.07, 6.45) is 0. The second-order valence-electron chi connectivity index (χ2n) is 9.47. The Morgan fingerprint density at radius 1 is 0.667 bits per heavy atom. The summed E-state index contributed by atoms with van der Waals surface area (Å²) in [5, 5.41) is 4.98. The Morgan fingerprint density at radius 2 is 1.33 bits per heavy atom. The van der Waals surface area contributed by atoms with E-state index in [-0.39, 0.29) is 12.4 Å². The van der Waals surface area contributed by atoms with Crippen molar-refractivity contribution in [3.8, 4) is 22.3 Å². The summed E-state index contributed by atoms with van der Waals surface area (Å²) < 4.78 is 31.4. The molecule has 5 aromatic carbocycles. The number of hydrogen-bond acceptors (Lipinski definition) is 4. The zero-order valence-corrected chi connectivity index (χ0v) is 23.0. The van der Waals surface area contributed by atoms with E-state index in [1.807, 2.05) is 91.0 Å². The van der Waals surface area contributed by atoms with Gasteiger partial charge in [0.2, 0.25) is 0 Å². The summed E-state index contributed by atoms with van der Waals surface area (Å²) in [4.78, 5) is 2.48. The molecule has 0 saturated carbocycles. The number of sulfonamides is 1. The predicted molar refractivity (Wildman–Crippen MR) is 164 cm³/mol. The molecule has 0 bridgehead atoms. The van der Waals surface area contributed by atoms with Gasteiger partial charge in [-0.1, -0.05) is 97.1 Å². The van der Waals surface area contributed by atoms with E-state index in [1.54, 1.807) is 0 Å². The number of halogens is 1. The molecule has 1 aliphatic heterocycles. The maximum atomic E-state index is 14.2. The Bertz CT molecular complexity index is 1700. The Hall–Kier alpha value is -3.84. The fourth-order valence-corrected chi connectivity index (χ4v) is 6.70. The highest BCUT2D eigenvalue weighted by Crippen LogP contribution is 2.37. The maximum Gasteiger partial charge on any atom is 0.264 e. The average molecular weight is 556 g/mol. The minimum atomic E-state index is -3.92. The van der Waals surface area contributed by atoms with Gasteiger partial charge in [-0.05, 0) is 40.3 Å². The number of anilines is 2. The fraction of sp³-hybridized carbons (Fsp3) is 0.125. The molecule has 0 unspecified atom stereocenters. The molecule has 1 aliphatic rings. The first-order valence-corrected chi connectivity index (χ1v) is 14.3. The van der Waals surface area contributed by atoms with Crippen molar-refractivity contribution in [3.05, 3.63) is 115 Å². The molecule has 1 heterocycles. The Balaban J connectivity index is 0.00000308. The molecule has 5 aromatic rings. The largest absolute Gasteiger partial charge is 0.368 e. The first-order valence-electron chi connectivity index (χ1n) is 12.9. The van der Waals surface area contributed by atoms with Crippen LogP contribution in [0.4, 0.5) is 11.4 Å². The summed E-state index contributed by atoms with van der Waals surface area (Å²) in [5.41, 5.74) is 5.26. The molecular formula is C32H30ClN3O2S. The van der Waals surface area contributed by atoms with Crippen LogP contribution in [0.5, 0.6) is 0 Å². The summed E-state index contributed by atoms with van der Waals surface area (Å²) in [6.45, 7) is 3.15. The van der Waals surface area contributed by atoms with Gasteiger partial charge in [-0.15, -0.1) is 12.4 Å². The Kier molecular flexibility index (Phi) is 7.89. The minimum absolute atomic E-state index is 0. The van der Waals surface area contributed by atoms with E-state index in [2.05, 4.69) is 39.2 Å². The lowest BCUT2D eigenvalue weighted by atomic mass is 9.98. The number of piperazine rings is 1. The first kappa shape index (κ1) is 26.8. The van der Waals surface area contributed by atoms with Crippen LogP contribution < -0.4 is 14.9 Å². The second-order valence-corrected chi connectivity index (χ2v) is 11.1. The number of hydrogen-bond donors (Lipinski definition) is 2. The third kappa shape index (κ3) is 5.50. The van der Waals surface area contributed by atoms with Gasteiger partial charge < -0.3 is 10.2 Å². The minimum Gasteiger partial charge on any atom is -0.368 e. The summed E-state index contributed by atoms with van der Waals surface area (Å²) in [7, 11) is -3.92. The van der Waals surface area contributed by atoms with Crippen molar-refractivity contribution in [1.82, 2.24) is 5.32 Å². The van der Waals surface area contributed by atoms with Gasteiger partial charge in [0.05, 0.1) is 11.4 Å². The van der Waals surface area contributed by atoms with Crippen LogP contribution in [0.1, 0.15) is 0 Å². The number of para-hydroxylation sites is 1. The van der Waals surface area contributed by atoms with Gasteiger partial charge in [-0.25, -0.2) is 8.42 Å². The highest BCUT2D eigenvalue weighted by molar-refractivity contribution is 7.93. The zero-order valence-electron chi connectivity index (χ0n) is 21.4. The van der Waals surface area contributed by atoms with Gasteiger partial charge >= 0.3 is 0 Å². The van der Waals surface area contributed by atoms with Crippen LogP contribution in [0, 0.1) is 0 Å². The molecular weight excluding hydrogens is 526 g/mol. The molecule has 5 nitrogen and oxygen atoms in total. The molecule has 0 radical (unpaired) electrons. The zero-order chi connectivity index (χ0) is 26.0. The molecule has 0 aromatic heterocycles. The summed E-state index contributed by atoms with van der Waals surface area (Å²) in [6, 6.07) is 37.6. The fourth-order valence-electron chi connectivity index (χ4n) is 5.19. The summed E-state index contributed by atoms with van der Waals surface area (Å²) >= 11 is 0. The molecule has 0 atom stereocenters. The number of fused-ring (bicyclic) bond motifs is 1. The Morgan fingerprint density at radius 3 is 2.15 bits per heavy atom. The third-order valence-electron chi connectivity index (χ3n) is 7.04. The molecule has 0 amide bonds. The number of nitrogens with zero attached hydrogens (tertiary/aromatic N) is 1. The number of rotatable bonds is 6. The second kappa shape index (κ2) is 11.5. The van der Waals surface area contributed by atoms with E-state index in [4.69, 9.17) is 0 Å². The normalized spacial score (nSPS) is 13.6. The predicted octanol–water partition coefficient (Wildman–Crippen LogP) is 6.81. The van der Waals surface area contributed by atoms with Crippen LogP contribution in [0.3, 0.4) is 0 Å². The smallest absolute Gasteiger partial charge is 0.264 e. The van der Waals surface area contributed by atoms with Crippen molar-refractivity contribution in [1.29, 1.82) is 0 Å². The van der Waals surface area contributed by atoms with Gasteiger partial charge in [0, 0.05) is 37.1 Å². The topological polar surface area (TPSA) is 61.4 Å². The molecule has 1 fully saturated rings. The third-order valence-corrected chi connectivity index (χ3v) is 8.49. The molecule has 1 saturated heterocycles. The molecule has 0 aliphatic carbocycles. The van der Waals surface area contributed by atoms with Crippen LogP contribution >= 0.6 is 12.4 Å². The van der Waals surface area contributed by atoms with Crippen LogP contribution in [-0.2, 0) is 10.0 Å². The van der Waals surface area contributed by atoms with Crippen molar-refractivity contribution in [2.24, 2.45) is 0 Å². The first-order chi connectivity index (χ1) is 18.6. The average Bonchev–Trinajstić information content (AvgIpc) is 2.97. The maximum absolute atomic E-state index is 14.2. The van der Waals surface area contributed by atoms with Crippen LogP contribution in [0.15, 0.2) is 120 Å². The van der Waals surface area contributed by atoms with Gasteiger partial charge in [-0.2, -0.15) is 0 Å². The van der Waals surface area contributed by atoms with E-state index in [1.165, 1.54) is 0 Å². The molecule has 0 spiro atoms. The van der Waals surface area contributed by atoms with Gasteiger partial charge in [0.1, 0.15) is 4.90 Å². The highest BCUT2D eigenvalue weighted by Gasteiger charge is 2.26. The monoisotopic (exact) mass is 555 g/mol. The lowest BCUT2D eigenvalue weighted by Crippen LogP contribution is -2.44. The number of benzene rings is 5. The van der Waals surface area contributed by atoms with Crippen molar-refractivity contribution in [2.45, 2.75) is 4.90 Å². The number of nitrogens with one attached hydrogen (secondary N) is 2. The van der Waals surface area contributed by atoms with Crippen molar-refractivity contribution in [3.63, 3.8) is 0 Å². The van der Waals surface area contributed by atoms with E-state index >= 15 is 0 Å². The van der Waals surface area contributed by atoms with Crippen molar-refractivity contribution >= 4 is 44.6 Å². The molecule has 2 N–H and O–H groups in total. The van der Waals surface area contributed by atoms with E-state index in [0.29, 0.717) is 10.6 Å². The molecule has 6 rings (SSSR count). The van der Waals surface area contributed by atoms with Crippen LogP contribution in [-0.4, -0.2) is 34.6 Å². The van der Waals surface area contributed by atoms with Gasteiger partial charge in [0.25, 0.3) is 10.0 Å². The quantitative estimate of drug-likeness (QED) is 0.242. The van der Waals surface area contributed by atoms with Crippen LogP contribution in [0.2, 0.25) is 0 Å². The Labute approximate surface area is 236 Å². The highest BCUT2D eigenvalue weighted by atomic mass is 35.5.